The lowest BCUT2D eigenvalue weighted by Gasteiger charge is -1.99. The van der Waals surface area contributed by atoms with E-state index in [9.17, 15) is 4.79 Å². The summed E-state index contributed by atoms with van der Waals surface area (Å²) in [6.07, 6.45) is 3.33. The molecule has 3 aromatic heterocycles. The van der Waals surface area contributed by atoms with Crippen molar-refractivity contribution in [1.82, 2.24) is 20.4 Å². The molecule has 0 spiro atoms. The van der Waals surface area contributed by atoms with Crippen LogP contribution >= 0.6 is 11.3 Å². The second kappa shape index (κ2) is 7.28. The van der Waals surface area contributed by atoms with Gasteiger partial charge in [-0.3, -0.25) is 9.78 Å². The fraction of sp³-hybridized carbons (Fsp3) is 0.0526. The molecule has 0 fully saturated rings. The molecule has 4 aromatic rings. The molecule has 0 saturated carbocycles. The Bertz CT molecular complexity index is 1010. The Morgan fingerprint density at radius 1 is 1.12 bits per heavy atom. The Morgan fingerprint density at radius 3 is 2.77 bits per heavy atom. The van der Waals surface area contributed by atoms with Crippen LogP contribution in [0.2, 0.25) is 0 Å². The molecule has 0 unspecified atom stereocenters. The average Bonchev–Trinajstić information content (AvgIpc) is 3.37. The fourth-order valence-electron chi connectivity index (χ4n) is 2.39. The van der Waals surface area contributed by atoms with Gasteiger partial charge in [0.15, 0.2) is 11.5 Å². The van der Waals surface area contributed by atoms with E-state index in [-0.39, 0.29) is 11.6 Å². The molecule has 26 heavy (non-hydrogen) atoms. The van der Waals surface area contributed by atoms with E-state index in [1.165, 1.54) is 0 Å². The molecule has 1 N–H and O–H groups in total. The second-order valence-electron chi connectivity index (χ2n) is 5.51. The molecule has 0 radical (unpaired) electrons. The topological polar surface area (TPSA) is 80.9 Å². The van der Waals surface area contributed by atoms with Gasteiger partial charge in [0.2, 0.25) is 0 Å². The van der Waals surface area contributed by atoms with Gasteiger partial charge in [-0.1, -0.05) is 35.5 Å². The highest BCUT2D eigenvalue weighted by Gasteiger charge is 2.14. The molecule has 0 aliphatic rings. The van der Waals surface area contributed by atoms with E-state index in [4.69, 9.17) is 4.52 Å². The summed E-state index contributed by atoms with van der Waals surface area (Å²) in [6.45, 7) is 0.331. The van der Waals surface area contributed by atoms with Crippen LogP contribution in [-0.2, 0) is 6.54 Å². The number of carbonyl (C=O) groups is 1. The van der Waals surface area contributed by atoms with Crippen LogP contribution in [0.1, 0.15) is 16.2 Å². The molecule has 0 saturated heterocycles. The third-order valence-corrected chi connectivity index (χ3v) is 4.63. The number of hydrogen-bond acceptors (Lipinski definition) is 6. The van der Waals surface area contributed by atoms with Crippen molar-refractivity contribution in [1.29, 1.82) is 0 Å². The number of amides is 1. The van der Waals surface area contributed by atoms with E-state index in [2.05, 4.69) is 20.4 Å². The number of nitrogens with one attached hydrogen (secondary N) is 1. The number of pyridine rings is 1. The molecule has 128 valence electrons. The maximum absolute atomic E-state index is 12.3. The summed E-state index contributed by atoms with van der Waals surface area (Å²) in [7, 11) is 0. The van der Waals surface area contributed by atoms with Crippen LogP contribution in [0.15, 0.2) is 70.8 Å². The standard InChI is InChI=1S/C19H14N4O2S/c24-18(16-9-17(25-23-16)14-7-4-8-20-10-14)21-11-15-12-26-19(22-15)13-5-2-1-3-6-13/h1-10,12H,11H2,(H,21,24). The van der Waals surface area contributed by atoms with Gasteiger partial charge < -0.3 is 9.84 Å². The predicted molar refractivity (Wildman–Crippen MR) is 98.5 cm³/mol. The third-order valence-electron chi connectivity index (χ3n) is 3.69. The minimum atomic E-state index is -0.307. The van der Waals surface area contributed by atoms with Crippen molar-refractivity contribution in [3.63, 3.8) is 0 Å². The van der Waals surface area contributed by atoms with E-state index < -0.39 is 0 Å². The Balaban J connectivity index is 1.40. The van der Waals surface area contributed by atoms with Crippen LogP contribution in [0, 0.1) is 0 Å². The third kappa shape index (κ3) is 3.52. The van der Waals surface area contributed by atoms with Gasteiger partial charge in [0.1, 0.15) is 5.01 Å². The molecule has 3 heterocycles. The number of rotatable bonds is 5. The molecule has 1 aromatic carbocycles. The van der Waals surface area contributed by atoms with Crippen LogP contribution < -0.4 is 5.32 Å². The lowest BCUT2D eigenvalue weighted by molar-refractivity contribution is 0.0941. The van der Waals surface area contributed by atoms with Gasteiger partial charge in [0.05, 0.1) is 12.2 Å². The summed E-state index contributed by atoms with van der Waals surface area (Å²) in [4.78, 5) is 20.8. The van der Waals surface area contributed by atoms with Crippen molar-refractivity contribution in [2.45, 2.75) is 6.54 Å². The Labute approximate surface area is 153 Å². The number of hydrogen-bond donors (Lipinski definition) is 1. The van der Waals surface area contributed by atoms with Gasteiger partial charge in [-0.15, -0.1) is 11.3 Å². The molecule has 1 amide bonds. The molecular formula is C19H14N4O2S. The quantitative estimate of drug-likeness (QED) is 0.584. The highest BCUT2D eigenvalue weighted by molar-refractivity contribution is 7.13. The summed E-state index contributed by atoms with van der Waals surface area (Å²) in [6, 6.07) is 15.2. The van der Waals surface area contributed by atoms with Crippen molar-refractivity contribution in [3.8, 4) is 21.9 Å². The summed E-state index contributed by atoms with van der Waals surface area (Å²) in [5.74, 6) is 0.196. The van der Waals surface area contributed by atoms with Crippen molar-refractivity contribution < 1.29 is 9.32 Å². The van der Waals surface area contributed by atoms with Gasteiger partial charge in [-0.2, -0.15) is 0 Å². The second-order valence-corrected chi connectivity index (χ2v) is 6.37. The Morgan fingerprint density at radius 2 is 1.96 bits per heavy atom. The van der Waals surface area contributed by atoms with Crippen LogP contribution in [-0.4, -0.2) is 21.0 Å². The number of carbonyl (C=O) groups excluding carboxylic acids is 1. The van der Waals surface area contributed by atoms with Gasteiger partial charge >= 0.3 is 0 Å². The van der Waals surface area contributed by atoms with Gasteiger partial charge in [-0.05, 0) is 12.1 Å². The van der Waals surface area contributed by atoms with Crippen LogP contribution in [0.3, 0.4) is 0 Å². The van der Waals surface area contributed by atoms with Crippen molar-refractivity contribution in [2.75, 3.05) is 0 Å². The largest absolute Gasteiger partial charge is 0.355 e. The minimum Gasteiger partial charge on any atom is -0.355 e. The lowest BCUT2D eigenvalue weighted by atomic mass is 10.2. The van der Waals surface area contributed by atoms with E-state index in [1.807, 2.05) is 41.8 Å². The number of nitrogens with zero attached hydrogens (tertiary/aromatic N) is 3. The van der Waals surface area contributed by atoms with Crippen molar-refractivity contribution in [2.24, 2.45) is 0 Å². The van der Waals surface area contributed by atoms with Gasteiger partial charge in [-0.25, -0.2) is 4.98 Å². The molecule has 0 aliphatic heterocycles. The van der Waals surface area contributed by atoms with E-state index >= 15 is 0 Å². The number of thiazole rings is 1. The fourth-order valence-corrected chi connectivity index (χ4v) is 3.22. The minimum absolute atomic E-state index is 0.224. The molecule has 6 nitrogen and oxygen atoms in total. The SMILES string of the molecule is O=C(NCc1csc(-c2ccccc2)n1)c1cc(-c2cccnc2)on1. The summed E-state index contributed by atoms with van der Waals surface area (Å²) in [5.41, 5.74) is 2.86. The van der Waals surface area contributed by atoms with Crippen LogP contribution in [0.4, 0.5) is 0 Å². The first kappa shape index (κ1) is 16.2. The van der Waals surface area contributed by atoms with E-state index in [1.54, 1.807) is 35.9 Å². The summed E-state index contributed by atoms with van der Waals surface area (Å²) >= 11 is 1.55. The van der Waals surface area contributed by atoms with E-state index in [0.29, 0.717) is 12.3 Å². The maximum atomic E-state index is 12.3. The summed E-state index contributed by atoms with van der Waals surface area (Å²) < 4.78 is 5.22. The monoisotopic (exact) mass is 362 g/mol. The van der Waals surface area contributed by atoms with E-state index in [0.717, 1.165) is 21.8 Å². The first-order valence-electron chi connectivity index (χ1n) is 7.95. The van der Waals surface area contributed by atoms with Crippen LogP contribution in [0.5, 0.6) is 0 Å². The maximum Gasteiger partial charge on any atom is 0.273 e. The van der Waals surface area contributed by atoms with Crippen molar-refractivity contribution >= 4 is 17.2 Å². The lowest BCUT2D eigenvalue weighted by Crippen LogP contribution is -2.23. The zero-order valence-electron chi connectivity index (χ0n) is 13.6. The average molecular weight is 362 g/mol. The highest BCUT2D eigenvalue weighted by atomic mass is 32.1. The zero-order valence-corrected chi connectivity index (χ0v) is 14.4. The molecular weight excluding hydrogens is 348 g/mol. The Hall–Kier alpha value is -3.32. The normalized spacial score (nSPS) is 10.6. The van der Waals surface area contributed by atoms with Gasteiger partial charge in [0, 0.05) is 35.0 Å². The first-order chi connectivity index (χ1) is 12.8. The molecule has 7 heteroatoms. The number of aromatic nitrogens is 3. The molecule has 0 bridgehead atoms. The molecule has 0 aliphatic carbocycles. The smallest absolute Gasteiger partial charge is 0.273 e. The Kier molecular flexibility index (Phi) is 4.53. The predicted octanol–water partition coefficient (Wildman–Crippen LogP) is 3.79. The molecule has 0 atom stereocenters. The van der Waals surface area contributed by atoms with Crippen LogP contribution in [0.25, 0.3) is 21.9 Å². The summed E-state index contributed by atoms with van der Waals surface area (Å²) in [5, 5.41) is 9.50. The molecule has 4 rings (SSSR count). The van der Waals surface area contributed by atoms with Crippen molar-refractivity contribution in [3.05, 3.63) is 77.7 Å². The zero-order chi connectivity index (χ0) is 17.8. The first-order valence-corrected chi connectivity index (χ1v) is 8.83. The highest BCUT2D eigenvalue weighted by Crippen LogP contribution is 2.23. The number of benzene rings is 1. The van der Waals surface area contributed by atoms with Gasteiger partial charge in [0.25, 0.3) is 5.91 Å².